The normalized spacial score (nSPS) is 9.67. The summed E-state index contributed by atoms with van der Waals surface area (Å²) in [6.07, 6.45) is 7.07. The van der Waals surface area contributed by atoms with E-state index in [0.717, 1.165) is 22.8 Å². The average Bonchev–Trinajstić information content (AvgIpc) is 2.71. The van der Waals surface area contributed by atoms with Crippen LogP contribution in [-0.4, -0.2) is 19.9 Å². The van der Waals surface area contributed by atoms with E-state index in [9.17, 15) is 0 Å². The standard InChI is InChI=1S/2C10H8N2/c2*1-3-7-11-9(5-1)10-6-2-4-8-12-10/h2*1-8H. The predicted molar refractivity (Wildman–Crippen MR) is 94.9 cm³/mol. The Bertz CT molecular complexity index is 685. The van der Waals surface area contributed by atoms with Crippen molar-refractivity contribution < 1.29 is 0 Å². The first-order valence-electron chi connectivity index (χ1n) is 7.58. The van der Waals surface area contributed by atoms with Gasteiger partial charge in [-0.25, -0.2) is 0 Å². The summed E-state index contributed by atoms with van der Waals surface area (Å²) < 4.78 is 0. The molecular formula is C20H16N4. The summed E-state index contributed by atoms with van der Waals surface area (Å²) in [4.78, 5) is 16.7. The number of nitrogens with zero attached hydrogens (tertiary/aromatic N) is 4. The molecule has 0 saturated heterocycles. The van der Waals surface area contributed by atoms with Gasteiger partial charge >= 0.3 is 0 Å². The highest BCUT2D eigenvalue weighted by molar-refractivity contribution is 5.53. The quantitative estimate of drug-likeness (QED) is 0.554. The third kappa shape index (κ3) is 4.30. The van der Waals surface area contributed by atoms with E-state index in [1.54, 1.807) is 24.8 Å². The molecule has 4 heterocycles. The van der Waals surface area contributed by atoms with Gasteiger partial charge in [0.15, 0.2) is 0 Å². The molecule has 0 radical (unpaired) electrons. The lowest BCUT2D eigenvalue weighted by atomic mass is 10.2. The second-order valence-electron chi connectivity index (χ2n) is 4.86. The lowest BCUT2D eigenvalue weighted by molar-refractivity contribution is 1.25. The van der Waals surface area contributed by atoms with Gasteiger partial charge in [-0.2, -0.15) is 0 Å². The van der Waals surface area contributed by atoms with Crippen molar-refractivity contribution in [3.05, 3.63) is 97.6 Å². The van der Waals surface area contributed by atoms with Crippen LogP contribution in [0, 0.1) is 0 Å². The van der Waals surface area contributed by atoms with Gasteiger partial charge in [-0.05, 0) is 48.5 Å². The van der Waals surface area contributed by atoms with E-state index in [4.69, 9.17) is 0 Å². The maximum Gasteiger partial charge on any atom is 0.0886 e. The Kier molecular flexibility index (Phi) is 5.35. The first kappa shape index (κ1) is 15.5. The zero-order chi connectivity index (χ0) is 16.5. The van der Waals surface area contributed by atoms with Crippen molar-refractivity contribution in [2.45, 2.75) is 0 Å². The molecule has 0 aliphatic carbocycles. The van der Waals surface area contributed by atoms with Crippen molar-refractivity contribution in [2.24, 2.45) is 0 Å². The summed E-state index contributed by atoms with van der Waals surface area (Å²) in [7, 11) is 0. The van der Waals surface area contributed by atoms with Gasteiger partial charge in [0.2, 0.25) is 0 Å². The first-order chi connectivity index (χ1) is 11.9. The van der Waals surface area contributed by atoms with Crippen molar-refractivity contribution >= 4 is 0 Å². The molecular weight excluding hydrogens is 296 g/mol. The third-order valence-corrected chi connectivity index (χ3v) is 3.18. The van der Waals surface area contributed by atoms with Gasteiger partial charge in [0, 0.05) is 24.8 Å². The molecule has 0 bridgehead atoms. The van der Waals surface area contributed by atoms with Crippen LogP contribution in [0.2, 0.25) is 0 Å². The highest BCUT2D eigenvalue weighted by atomic mass is 14.8. The number of rotatable bonds is 2. The Hall–Kier alpha value is -3.40. The van der Waals surface area contributed by atoms with Crippen LogP contribution in [0.25, 0.3) is 22.8 Å². The van der Waals surface area contributed by atoms with E-state index in [2.05, 4.69) is 19.9 Å². The van der Waals surface area contributed by atoms with Gasteiger partial charge in [-0.1, -0.05) is 24.3 Å². The molecule has 0 N–H and O–H groups in total. The largest absolute Gasteiger partial charge is 0.255 e. The third-order valence-electron chi connectivity index (χ3n) is 3.18. The highest BCUT2D eigenvalue weighted by Crippen LogP contribution is 2.11. The zero-order valence-electron chi connectivity index (χ0n) is 13.0. The van der Waals surface area contributed by atoms with Gasteiger partial charge in [0.25, 0.3) is 0 Å². The minimum atomic E-state index is 0.915. The molecule has 0 saturated carbocycles. The van der Waals surface area contributed by atoms with E-state index in [-0.39, 0.29) is 0 Å². The maximum atomic E-state index is 4.19. The lowest BCUT2D eigenvalue weighted by Gasteiger charge is -1.96. The fourth-order valence-electron chi connectivity index (χ4n) is 2.06. The summed E-state index contributed by atoms with van der Waals surface area (Å²) in [5.74, 6) is 0. The molecule has 0 atom stereocenters. The summed E-state index contributed by atoms with van der Waals surface area (Å²) >= 11 is 0. The summed E-state index contributed by atoms with van der Waals surface area (Å²) in [5, 5.41) is 0. The maximum absolute atomic E-state index is 4.19. The van der Waals surface area contributed by atoms with Crippen LogP contribution in [0.4, 0.5) is 0 Å². The summed E-state index contributed by atoms with van der Waals surface area (Å²) in [6.45, 7) is 0. The van der Waals surface area contributed by atoms with Crippen LogP contribution >= 0.6 is 0 Å². The van der Waals surface area contributed by atoms with E-state index < -0.39 is 0 Å². The van der Waals surface area contributed by atoms with Crippen LogP contribution in [-0.2, 0) is 0 Å². The first-order valence-corrected chi connectivity index (χ1v) is 7.58. The average molecular weight is 312 g/mol. The van der Waals surface area contributed by atoms with Crippen molar-refractivity contribution in [1.29, 1.82) is 0 Å². The van der Waals surface area contributed by atoms with Gasteiger partial charge in [0.1, 0.15) is 0 Å². The Labute approximate surface area is 140 Å². The molecule has 0 aromatic carbocycles. The van der Waals surface area contributed by atoms with Crippen LogP contribution in [0.15, 0.2) is 97.6 Å². The summed E-state index contributed by atoms with van der Waals surface area (Å²) in [5.41, 5.74) is 3.66. The van der Waals surface area contributed by atoms with Gasteiger partial charge in [0.05, 0.1) is 22.8 Å². The number of pyridine rings is 4. The fourth-order valence-corrected chi connectivity index (χ4v) is 2.06. The molecule has 4 rings (SSSR count). The number of hydrogen-bond acceptors (Lipinski definition) is 4. The topological polar surface area (TPSA) is 51.6 Å². The Balaban J connectivity index is 0.000000141. The molecule has 4 nitrogen and oxygen atoms in total. The van der Waals surface area contributed by atoms with Gasteiger partial charge < -0.3 is 0 Å². The Morgan fingerprint density at radius 3 is 0.750 bits per heavy atom. The van der Waals surface area contributed by atoms with E-state index >= 15 is 0 Å². The Morgan fingerprint density at radius 2 is 0.583 bits per heavy atom. The van der Waals surface area contributed by atoms with E-state index in [0.29, 0.717) is 0 Å². The Morgan fingerprint density at radius 1 is 0.333 bits per heavy atom. The molecule has 0 amide bonds. The molecule has 0 aliphatic rings. The monoisotopic (exact) mass is 312 g/mol. The van der Waals surface area contributed by atoms with Crippen LogP contribution < -0.4 is 0 Å². The minimum Gasteiger partial charge on any atom is -0.255 e. The van der Waals surface area contributed by atoms with E-state index in [1.807, 2.05) is 72.8 Å². The number of aromatic nitrogens is 4. The predicted octanol–water partition coefficient (Wildman–Crippen LogP) is 4.29. The molecule has 4 aromatic rings. The molecule has 0 aliphatic heterocycles. The van der Waals surface area contributed by atoms with Gasteiger partial charge in [-0.3, -0.25) is 19.9 Å². The van der Waals surface area contributed by atoms with Crippen molar-refractivity contribution in [1.82, 2.24) is 19.9 Å². The van der Waals surface area contributed by atoms with Crippen LogP contribution in [0.5, 0.6) is 0 Å². The highest BCUT2D eigenvalue weighted by Gasteiger charge is 1.96. The minimum absolute atomic E-state index is 0.915. The molecule has 0 unspecified atom stereocenters. The lowest BCUT2D eigenvalue weighted by Crippen LogP contribution is -1.83. The second kappa shape index (κ2) is 8.29. The fraction of sp³-hybridized carbons (Fsp3) is 0. The van der Waals surface area contributed by atoms with Crippen molar-refractivity contribution in [3.63, 3.8) is 0 Å². The smallest absolute Gasteiger partial charge is 0.0886 e. The SMILES string of the molecule is c1ccc(-c2ccccn2)nc1.c1ccc(-c2ccccn2)nc1. The molecule has 116 valence electrons. The molecule has 4 heteroatoms. The molecule has 4 aromatic heterocycles. The van der Waals surface area contributed by atoms with Gasteiger partial charge in [-0.15, -0.1) is 0 Å². The van der Waals surface area contributed by atoms with Crippen molar-refractivity contribution in [3.8, 4) is 22.8 Å². The molecule has 0 fully saturated rings. The van der Waals surface area contributed by atoms with Crippen molar-refractivity contribution in [2.75, 3.05) is 0 Å². The summed E-state index contributed by atoms with van der Waals surface area (Å²) in [6, 6.07) is 23.2. The number of hydrogen-bond donors (Lipinski definition) is 0. The van der Waals surface area contributed by atoms with E-state index in [1.165, 1.54) is 0 Å². The van der Waals surface area contributed by atoms with Crippen LogP contribution in [0.1, 0.15) is 0 Å². The molecule has 24 heavy (non-hydrogen) atoms. The van der Waals surface area contributed by atoms with Crippen LogP contribution in [0.3, 0.4) is 0 Å². The zero-order valence-corrected chi connectivity index (χ0v) is 13.0. The second-order valence-corrected chi connectivity index (χ2v) is 4.86. The molecule has 0 spiro atoms.